The van der Waals surface area contributed by atoms with Gasteiger partial charge in [-0.05, 0) is 29.8 Å². The Hall–Kier alpha value is -4.13. The second-order valence-electron chi connectivity index (χ2n) is 6.89. The number of hydrogen-bond donors (Lipinski definition) is 0. The maximum Gasteiger partial charge on any atom is 0.336 e. The van der Waals surface area contributed by atoms with Crippen LogP contribution < -0.4 is 10.4 Å². The molecule has 30 heavy (non-hydrogen) atoms. The molecule has 0 aliphatic rings. The predicted molar refractivity (Wildman–Crippen MR) is 113 cm³/mol. The van der Waals surface area contributed by atoms with Crippen molar-refractivity contribution in [3.8, 4) is 22.6 Å². The van der Waals surface area contributed by atoms with E-state index in [1.807, 2.05) is 65.7 Å². The highest BCUT2D eigenvalue weighted by molar-refractivity contribution is 5.81. The van der Waals surface area contributed by atoms with E-state index < -0.39 is 5.63 Å². The monoisotopic (exact) mass is 398 g/mol. The highest BCUT2D eigenvalue weighted by Gasteiger charge is 2.10. The summed E-state index contributed by atoms with van der Waals surface area (Å²) in [7, 11) is 1.58. The van der Waals surface area contributed by atoms with E-state index in [0.29, 0.717) is 17.9 Å². The third kappa shape index (κ3) is 3.37. The molecule has 0 aliphatic heterocycles. The SMILES string of the molecule is COc1ccc2c(Cn3cc(-c4cnn(-c5ccccc5)c4)cn3)cc(=O)oc2c1. The summed E-state index contributed by atoms with van der Waals surface area (Å²) in [5.41, 5.74) is 3.83. The lowest BCUT2D eigenvalue weighted by Gasteiger charge is -2.07. The standard InChI is InChI=1S/C23H18N4O3/c1-29-20-7-8-21-16(9-23(28)30-22(21)10-20)13-26-14-17(11-24-26)18-12-25-27(15-18)19-5-3-2-4-6-19/h2-12,14-15H,13H2,1H3. The van der Waals surface area contributed by atoms with Crippen molar-refractivity contribution in [2.75, 3.05) is 7.11 Å². The van der Waals surface area contributed by atoms with Gasteiger partial charge in [0.05, 0.1) is 31.7 Å². The average Bonchev–Trinajstić information content (AvgIpc) is 3.43. The first-order chi connectivity index (χ1) is 14.7. The first kappa shape index (κ1) is 17.9. The number of benzene rings is 2. The molecular formula is C23H18N4O3. The third-order valence-electron chi connectivity index (χ3n) is 4.94. The van der Waals surface area contributed by atoms with Gasteiger partial charge < -0.3 is 9.15 Å². The average molecular weight is 398 g/mol. The fourth-order valence-electron chi connectivity index (χ4n) is 3.44. The Morgan fingerprint density at radius 3 is 2.60 bits per heavy atom. The largest absolute Gasteiger partial charge is 0.497 e. The number of rotatable bonds is 5. The number of fused-ring (bicyclic) bond motifs is 1. The summed E-state index contributed by atoms with van der Waals surface area (Å²) in [5, 5.41) is 9.75. The summed E-state index contributed by atoms with van der Waals surface area (Å²) in [4.78, 5) is 12.0. The Morgan fingerprint density at radius 2 is 1.77 bits per heavy atom. The summed E-state index contributed by atoms with van der Waals surface area (Å²) < 4.78 is 14.2. The summed E-state index contributed by atoms with van der Waals surface area (Å²) in [6.07, 6.45) is 7.52. The van der Waals surface area contributed by atoms with Crippen molar-refractivity contribution in [2.24, 2.45) is 0 Å². The van der Waals surface area contributed by atoms with Gasteiger partial charge in [-0.25, -0.2) is 9.48 Å². The van der Waals surface area contributed by atoms with Gasteiger partial charge in [0.2, 0.25) is 0 Å². The van der Waals surface area contributed by atoms with Crippen LogP contribution in [-0.2, 0) is 6.54 Å². The Morgan fingerprint density at radius 1 is 0.967 bits per heavy atom. The number of aromatic nitrogens is 4. The number of para-hydroxylation sites is 1. The summed E-state index contributed by atoms with van der Waals surface area (Å²) in [6.45, 7) is 0.446. The molecule has 0 N–H and O–H groups in total. The van der Waals surface area contributed by atoms with Gasteiger partial charge in [-0.15, -0.1) is 0 Å². The van der Waals surface area contributed by atoms with Crippen molar-refractivity contribution in [3.05, 3.63) is 95.4 Å². The fraction of sp³-hybridized carbons (Fsp3) is 0.0870. The van der Waals surface area contributed by atoms with Crippen LogP contribution in [0.15, 0.2) is 88.6 Å². The summed E-state index contributed by atoms with van der Waals surface area (Å²) in [5.74, 6) is 0.639. The molecule has 0 radical (unpaired) electrons. The Bertz CT molecular complexity index is 1380. The highest BCUT2D eigenvalue weighted by Crippen LogP contribution is 2.24. The number of nitrogens with zero attached hydrogens (tertiary/aromatic N) is 4. The summed E-state index contributed by atoms with van der Waals surface area (Å²) in [6, 6.07) is 16.9. The second kappa shape index (κ2) is 7.36. The van der Waals surface area contributed by atoms with Gasteiger partial charge in [0.25, 0.3) is 0 Å². The van der Waals surface area contributed by atoms with E-state index in [0.717, 1.165) is 27.8 Å². The molecule has 5 aromatic rings. The Kier molecular flexibility index (Phi) is 4.40. The fourth-order valence-corrected chi connectivity index (χ4v) is 3.44. The molecule has 0 amide bonds. The summed E-state index contributed by atoms with van der Waals surface area (Å²) >= 11 is 0. The molecule has 0 fully saturated rings. The van der Waals surface area contributed by atoms with Crippen LogP contribution in [-0.4, -0.2) is 26.7 Å². The lowest BCUT2D eigenvalue weighted by Crippen LogP contribution is -2.06. The lowest BCUT2D eigenvalue weighted by molar-refractivity contribution is 0.414. The molecule has 2 aromatic carbocycles. The minimum absolute atomic E-state index is 0.401. The molecular weight excluding hydrogens is 380 g/mol. The van der Waals surface area contributed by atoms with Crippen molar-refractivity contribution >= 4 is 11.0 Å². The molecule has 0 atom stereocenters. The van der Waals surface area contributed by atoms with Crippen LogP contribution in [0.25, 0.3) is 27.8 Å². The molecule has 0 saturated heterocycles. The minimum Gasteiger partial charge on any atom is -0.497 e. The van der Waals surface area contributed by atoms with Crippen LogP contribution >= 0.6 is 0 Å². The number of ether oxygens (including phenoxy) is 1. The molecule has 7 nitrogen and oxygen atoms in total. The lowest BCUT2D eigenvalue weighted by atomic mass is 10.1. The molecule has 3 aromatic heterocycles. The molecule has 0 bridgehead atoms. The van der Waals surface area contributed by atoms with E-state index in [2.05, 4.69) is 10.2 Å². The van der Waals surface area contributed by atoms with E-state index in [4.69, 9.17) is 9.15 Å². The van der Waals surface area contributed by atoms with E-state index in [1.54, 1.807) is 24.1 Å². The second-order valence-corrected chi connectivity index (χ2v) is 6.89. The minimum atomic E-state index is -0.401. The normalized spacial score (nSPS) is 11.1. The van der Waals surface area contributed by atoms with Crippen molar-refractivity contribution in [3.63, 3.8) is 0 Å². The van der Waals surface area contributed by atoms with Gasteiger partial charge >= 0.3 is 5.63 Å². The molecule has 0 unspecified atom stereocenters. The number of hydrogen-bond acceptors (Lipinski definition) is 5. The topological polar surface area (TPSA) is 75.1 Å². The zero-order valence-corrected chi connectivity index (χ0v) is 16.2. The van der Waals surface area contributed by atoms with Crippen LogP contribution in [0, 0.1) is 0 Å². The Balaban J connectivity index is 1.44. The van der Waals surface area contributed by atoms with Gasteiger partial charge in [0.1, 0.15) is 11.3 Å². The highest BCUT2D eigenvalue weighted by atomic mass is 16.5. The van der Waals surface area contributed by atoms with Gasteiger partial charge in [-0.2, -0.15) is 10.2 Å². The smallest absolute Gasteiger partial charge is 0.336 e. The zero-order chi connectivity index (χ0) is 20.5. The molecule has 148 valence electrons. The quantitative estimate of drug-likeness (QED) is 0.420. The van der Waals surface area contributed by atoms with Gasteiger partial charge in [0, 0.05) is 41.0 Å². The van der Waals surface area contributed by atoms with Crippen LogP contribution in [0.3, 0.4) is 0 Å². The van der Waals surface area contributed by atoms with E-state index in [-0.39, 0.29) is 0 Å². The van der Waals surface area contributed by atoms with Gasteiger partial charge in [-0.1, -0.05) is 18.2 Å². The van der Waals surface area contributed by atoms with Gasteiger partial charge in [0.15, 0.2) is 0 Å². The maximum atomic E-state index is 12.0. The predicted octanol–water partition coefficient (Wildman–Crippen LogP) is 3.90. The first-order valence-corrected chi connectivity index (χ1v) is 9.43. The van der Waals surface area contributed by atoms with Crippen LogP contribution in [0.1, 0.15) is 5.56 Å². The van der Waals surface area contributed by atoms with Gasteiger partial charge in [-0.3, -0.25) is 4.68 Å². The van der Waals surface area contributed by atoms with Crippen LogP contribution in [0.2, 0.25) is 0 Å². The van der Waals surface area contributed by atoms with Crippen molar-refractivity contribution in [1.82, 2.24) is 19.6 Å². The molecule has 0 spiro atoms. The van der Waals surface area contributed by atoms with E-state index in [1.165, 1.54) is 6.07 Å². The Labute approximate surface area is 171 Å². The molecule has 3 heterocycles. The third-order valence-corrected chi connectivity index (χ3v) is 4.94. The van der Waals surface area contributed by atoms with Crippen molar-refractivity contribution < 1.29 is 9.15 Å². The first-order valence-electron chi connectivity index (χ1n) is 9.43. The maximum absolute atomic E-state index is 12.0. The number of methoxy groups -OCH3 is 1. The molecule has 0 aliphatic carbocycles. The van der Waals surface area contributed by atoms with E-state index in [9.17, 15) is 4.79 Å². The van der Waals surface area contributed by atoms with Crippen molar-refractivity contribution in [2.45, 2.75) is 6.54 Å². The molecule has 0 saturated carbocycles. The zero-order valence-electron chi connectivity index (χ0n) is 16.2. The van der Waals surface area contributed by atoms with E-state index >= 15 is 0 Å². The van der Waals surface area contributed by atoms with Crippen LogP contribution in [0.4, 0.5) is 0 Å². The molecule has 7 heteroatoms. The van der Waals surface area contributed by atoms with Crippen LogP contribution in [0.5, 0.6) is 5.75 Å². The van der Waals surface area contributed by atoms with Crippen molar-refractivity contribution in [1.29, 1.82) is 0 Å². The molecule has 5 rings (SSSR count).